The zero-order valence-electron chi connectivity index (χ0n) is 21.6. The van der Waals surface area contributed by atoms with Crippen LogP contribution in [0.15, 0.2) is 41.2 Å². The maximum Gasteiger partial charge on any atom is 0.329 e. The average molecular weight is 500 g/mol. The number of anilines is 1. The van der Waals surface area contributed by atoms with Crippen LogP contribution in [-0.4, -0.2) is 48.6 Å². The Labute approximate surface area is 210 Å². The Balaban J connectivity index is 2.70. The molecule has 0 fully saturated rings. The highest BCUT2D eigenvalue weighted by Crippen LogP contribution is 2.23. The first-order chi connectivity index (χ1) is 16.9. The molecule has 0 aliphatic rings. The van der Waals surface area contributed by atoms with Gasteiger partial charge in [0.2, 0.25) is 0 Å². The monoisotopic (exact) mass is 499 g/mol. The highest BCUT2D eigenvalue weighted by Gasteiger charge is 2.32. The molecule has 0 aliphatic carbocycles. The van der Waals surface area contributed by atoms with Crippen molar-refractivity contribution in [3.8, 4) is 0 Å². The van der Waals surface area contributed by atoms with Gasteiger partial charge in [-0.2, -0.15) is 0 Å². The molecule has 2 rings (SSSR count). The Hall–Kier alpha value is -3.95. The number of benzene rings is 1. The van der Waals surface area contributed by atoms with E-state index in [1.807, 2.05) is 0 Å². The summed E-state index contributed by atoms with van der Waals surface area (Å²) in [5, 5.41) is 5.19. The molecule has 0 aliphatic heterocycles. The van der Waals surface area contributed by atoms with Gasteiger partial charge < -0.3 is 20.1 Å². The number of amides is 2. The fourth-order valence-electron chi connectivity index (χ4n) is 3.80. The number of esters is 2. The van der Waals surface area contributed by atoms with Crippen molar-refractivity contribution in [2.75, 3.05) is 19.5 Å². The Morgan fingerprint density at radius 1 is 0.861 bits per heavy atom. The van der Waals surface area contributed by atoms with Gasteiger partial charge in [-0.1, -0.05) is 45.9 Å². The fourth-order valence-corrected chi connectivity index (χ4v) is 3.80. The van der Waals surface area contributed by atoms with Gasteiger partial charge in [-0.15, -0.1) is 0 Å². The third-order valence-corrected chi connectivity index (χ3v) is 5.78. The maximum absolute atomic E-state index is 13.5. The van der Waals surface area contributed by atoms with E-state index in [1.54, 1.807) is 58.0 Å². The summed E-state index contributed by atoms with van der Waals surface area (Å²) < 4.78 is 10.9. The molecule has 10 nitrogen and oxygen atoms in total. The molecule has 2 aromatic rings. The molecule has 0 radical (unpaired) electrons. The van der Waals surface area contributed by atoms with Crippen molar-refractivity contribution in [3.05, 3.63) is 63.6 Å². The van der Waals surface area contributed by atoms with Crippen molar-refractivity contribution in [2.45, 2.75) is 46.7 Å². The summed E-state index contributed by atoms with van der Waals surface area (Å²) in [7, 11) is 2.42. The van der Waals surface area contributed by atoms with Crippen molar-refractivity contribution < 1.29 is 28.7 Å². The fraction of sp³-hybridized carbons (Fsp3) is 0.423. The van der Waals surface area contributed by atoms with Crippen molar-refractivity contribution in [3.63, 3.8) is 0 Å². The van der Waals surface area contributed by atoms with Crippen LogP contribution in [-0.2, 0) is 19.1 Å². The normalized spacial score (nSPS) is 12.6. The summed E-state index contributed by atoms with van der Waals surface area (Å²) in [5.41, 5.74) is -0.401. The van der Waals surface area contributed by atoms with E-state index in [4.69, 9.17) is 9.47 Å². The predicted molar refractivity (Wildman–Crippen MR) is 134 cm³/mol. The lowest BCUT2D eigenvalue weighted by Gasteiger charge is -2.26. The summed E-state index contributed by atoms with van der Waals surface area (Å²) >= 11 is 0. The number of rotatable bonds is 9. The van der Waals surface area contributed by atoms with Crippen LogP contribution in [0.4, 0.5) is 5.69 Å². The number of hydrogen-bond acceptors (Lipinski definition) is 7. The highest BCUT2D eigenvalue weighted by atomic mass is 16.5. The van der Waals surface area contributed by atoms with E-state index in [-0.39, 0.29) is 28.8 Å². The van der Waals surface area contributed by atoms with E-state index in [0.717, 1.165) is 4.57 Å². The van der Waals surface area contributed by atoms with Crippen LogP contribution in [0.2, 0.25) is 0 Å². The quantitative estimate of drug-likeness (QED) is 0.507. The second-order valence-electron chi connectivity index (χ2n) is 8.98. The average Bonchev–Trinajstić information content (AvgIpc) is 2.85. The van der Waals surface area contributed by atoms with Crippen molar-refractivity contribution >= 4 is 29.4 Å². The third-order valence-electron chi connectivity index (χ3n) is 5.78. The molecular formula is C26H33N3O7. The van der Waals surface area contributed by atoms with Gasteiger partial charge in [-0.25, -0.2) is 9.59 Å². The van der Waals surface area contributed by atoms with Crippen molar-refractivity contribution in [2.24, 2.45) is 11.8 Å². The van der Waals surface area contributed by atoms with Crippen LogP contribution < -0.4 is 16.2 Å². The second-order valence-corrected chi connectivity index (χ2v) is 8.98. The van der Waals surface area contributed by atoms with E-state index in [0.29, 0.717) is 5.56 Å². The molecule has 0 unspecified atom stereocenters. The van der Waals surface area contributed by atoms with Gasteiger partial charge in [0.15, 0.2) is 0 Å². The largest absolute Gasteiger partial charge is 0.467 e. The first-order valence-corrected chi connectivity index (χ1v) is 11.5. The number of aromatic nitrogens is 1. The van der Waals surface area contributed by atoms with Crippen LogP contribution in [0, 0.1) is 18.8 Å². The van der Waals surface area contributed by atoms with Gasteiger partial charge in [0.1, 0.15) is 17.8 Å². The molecule has 2 amide bonds. The lowest BCUT2D eigenvalue weighted by molar-refractivity contribution is -0.146. The predicted octanol–water partition coefficient (Wildman–Crippen LogP) is 2.71. The standard InChI is InChI=1S/C26H33N3O7/c1-14(2)20(25(33)35-6)28-23(31)18-13-19(27-22(30)17-11-9-8-10-12-17)24(32)29(16(18)5)21(15(3)4)26(34)36-7/h8-15,20-21H,1-7H3,(H,27,30)(H,28,31)/t20-,21+/m0/s1. The van der Waals surface area contributed by atoms with Crippen molar-refractivity contribution in [1.82, 2.24) is 9.88 Å². The first-order valence-electron chi connectivity index (χ1n) is 11.5. The lowest BCUT2D eigenvalue weighted by atomic mass is 10.0. The number of hydrogen-bond donors (Lipinski definition) is 2. The van der Waals surface area contributed by atoms with E-state index in [2.05, 4.69) is 10.6 Å². The Morgan fingerprint density at radius 2 is 1.44 bits per heavy atom. The zero-order chi connectivity index (χ0) is 27.2. The minimum absolute atomic E-state index is 0.00191. The Bertz CT molecular complexity index is 1190. The topological polar surface area (TPSA) is 133 Å². The molecule has 0 saturated heterocycles. The molecule has 194 valence electrons. The van der Waals surface area contributed by atoms with E-state index in [1.165, 1.54) is 27.2 Å². The molecule has 10 heteroatoms. The van der Waals surface area contributed by atoms with Gasteiger partial charge >= 0.3 is 11.9 Å². The molecule has 36 heavy (non-hydrogen) atoms. The van der Waals surface area contributed by atoms with Gasteiger partial charge in [-0.3, -0.25) is 19.0 Å². The third kappa shape index (κ3) is 6.18. The molecule has 1 aromatic carbocycles. The number of ether oxygens (including phenoxy) is 2. The number of nitrogens with zero attached hydrogens (tertiary/aromatic N) is 1. The first kappa shape index (κ1) is 28.3. The maximum atomic E-state index is 13.5. The van der Waals surface area contributed by atoms with E-state index >= 15 is 0 Å². The Kier molecular flexibility index (Phi) is 9.54. The Morgan fingerprint density at radius 3 is 1.94 bits per heavy atom. The summed E-state index contributed by atoms with van der Waals surface area (Å²) in [6.07, 6.45) is 0. The summed E-state index contributed by atoms with van der Waals surface area (Å²) in [5.74, 6) is -3.22. The zero-order valence-corrected chi connectivity index (χ0v) is 21.6. The molecule has 2 atom stereocenters. The number of methoxy groups -OCH3 is 2. The number of nitrogens with one attached hydrogen (secondary N) is 2. The van der Waals surface area contributed by atoms with E-state index in [9.17, 15) is 24.0 Å². The second kappa shape index (κ2) is 12.1. The number of carbonyl (C=O) groups excluding carboxylic acids is 4. The van der Waals surface area contributed by atoms with Crippen LogP contribution >= 0.6 is 0 Å². The van der Waals surface area contributed by atoms with Crippen LogP contribution in [0.3, 0.4) is 0 Å². The lowest BCUT2D eigenvalue weighted by Crippen LogP contribution is -2.46. The van der Waals surface area contributed by atoms with Crippen molar-refractivity contribution in [1.29, 1.82) is 0 Å². The smallest absolute Gasteiger partial charge is 0.329 e. The van der Waals surface area contributed by atoms with Crippen LogP contribution in [0.25, 0.3) is 0 Å². The van der Waals surface area contributed by atoms with Gasteiger partial charge in [0, 0.05) is 11.3 Å². The molecule has 0 spiro atoms. The molecule has 1 heterocycles. The molecule has 1 aromatic heterocycles. The minimum atomic E-state index is -1.07. The highest BCUT2D eigenvalue weighted by molar-refractivity contribution is 6.05. The molecule has 2 N–H and O–H groups in total. The van der Waals surface area contributed by atoms with Gasteiger partial charge in [-0.05, 0) is 37.0 Å². The van der Waals surface area contributed by atoms with Crippen LogP contribution in [0.5, 0.6) is 0 Å². The SMILES string of the molecule is COC(=O)[C@@H](NC(=O)c1cc(NC(=O)c2ccccc2)c(=O)n([C@@H](C(=O)OC)C(C)C)c1C)C(C)C. The molecule has 0 saturated carbocycles. The van der Waals surface area contributed by atoms with E-state index < -0.39 is 41.4 Å². The van der Waals surface area contributed by atoms with Gasteiger partial charge in [0.05, 0.1) is 19.8 Å². The minimum Gasteiger partial charge on any atom is -0.467 e. The summed E-state index contributed by atoms with van der Waals surface area (Å²) in [4.78, 5) is 64.5. The molecular weight excluding hydrogens is 466 g/mol. The summed E-state index contributed by atoms with van der Waals surface area (Å²) in [6.45, 7) is 8.46. The number of carbonyl (C=O) groups is 4. The summed E-state index contributed by atoms with van der Waals surface area (Å²) in [6, 6.07) is 7.46. The molecule has 0 bridgehead atoms. The number of pyridine rings is 1. The van der Waals surface area contributed by atoms with Crippen LogP contribution in [0.1, 0.15) is 60.1 Å². The van der Waals surface area contributed by atoms with Gasteiger partial charge in [0.25, 0.3) is 17.4 Å².